The highest BCUT2D eigenvalue weighted by Crippen LogP contribution is 2.30. The Kier molecular flexibility index (Phi) is 4.14. The lowest BCUT2D eigenvalue weighted by molar-refractivity contribution is 0.278. The topological polar surface area (TPSA) is 84.4 Å². The quantitative estimate of drug-likeness (QED) is 0.879. The number of hydrogen-bond acceptors (Lipinski definition) is 6. The van der Waals surface area contributed by atoms with E-state index in [4.69, 9.17) is 4.74 Å². The molecule has 2 heterocycles. The molecule has 1 aliphatic heterocycles. The van der Waals surface area contributed by atoms with Crippen molar-refractivity contribution in [2.24, 2.45) is 0 Å². The summed E-state index contributed by atoms with van der Waals surface area (Å²) in [5.41, 5.74) is 0. The maximum absolute atomic E-state index is 13.4. The van der Waals surface area contributed by atoms with Crippen LogP contribution in [0.4, 0.5) is 10.2 Å². The summed E-state index contributed by atoms with van der Waals surface area (Å²) in [5, 5.41) is 10.7. The minimum atomic E-state index is -3.80. The lowest BCUT2D eigenvalue weighted by Crippen LogP contribution is -2.56. The van der Waals surface area contributed by atoms with E-state index in [0.29, 0.717) is 5.82 Å². The third kappa shape index (κ3) is 3.10. The van der Waals surface area contributed by atoms with Crippen LogP contribution in [0.1, 0.15) is 0 Å². The number of nitrogens with one attached hydrogen (secondary N) is 1. The van der Waals surface area contributed by atoms with Gasteiger partial charge in [-0.1, -0.05) is 0 Å². The molecule has 1 aromatic carbocycles. The van der Waals surface area contributed by atoms with Gasteiger partial charge in [0.1, 0.15) is 22.3 Å². The summed E-state index contributed by atoms with van der Waals surface area (Å²) in [4.78, 5) is -0.169. The lowest BCUT2D eigenvalue weighted by atomic mass is 10.2. The van der Waals surface area contributed by atoms with Gasteiger partial charge in [0.15, 0.2) is 0 Å². The first-order chi connectivity index (χ1) is 11.0. The molecule has 7 nitrogen and oxygen atoms in total. The first-order valence-electron chi connectivity index (χ1n) is 6.88. The van der Waals surface area contributed by atoms with Gasteiger partial charge in [0.25, 0.3) is 0 Å². The van der Waals surface area contributed by atoms with Gasteiger partial charge in [-0.2, -0.15) is 9.40 Å². The predicted octanol–water partition coefficient (Wildman–Crippen LogP) is 1.11. The Morgan fingerprint density at radius 1 is 1.35 bits per heavy atom. The SMILES string of the molecule is COc1ccc(F)cc1S(=O)(=O)N1CC(Nc2cccnn2)C1. The highest BCUT2D eigenvalue weighted by molar-refractivity contribution is 7.89. The van der Waals surface area contributed by atoms with Crippen molar-refractivity contribution in [1.82, 2.24) is 14.5 Å². The largest absolute Gasteiger partial charge is 0.495 e. The molecular weight excluding hydrogens is 323 g/mol. The average molecular weight is 338 g/mol. The van der Waals surface area contributed by atoms with Crippen LogP contribution in [0.5, 0.6) is 5.75 Å². The van der Waals surface area contributed by atoms with Gasteiger partial charge < -0.3 is 10.1 Å². The van der Waals surface area contributed by atoms with Gasteiger partial charge in [-0.25, -0.2) is 12.8 Å². The molecule has 122 valence electrons. The Hall–Kier alpha value is -2.26. The van der Waals surface area contributed by atoms with E-state index >= 15 is 0 Å². The Bertz CT molecular complexity index is 795. The average Bonchev–Trinajstić information content (AvgIpc) is 2.51. The van der Waals surface area contributed by atoms with E-state index in [1.807, 2.05) is 0 Å². The van der Waals surface area contributed by atoms with Gasteiger partial charge in [0.05, 0.1) is 13.2 Å². The van der Waals surface area contributed by atoms with Crippen molar-refractivity contribution in [2.45, 2.75) is 10.9 Å². The van der Waals surface area contributed by atoms with Crippen molar-refractivity contribution >= 4 is 15.8 Å². The number of anilines is 1. The van der Waals surface area contributed by atoms with Crippen molar-refractivity contribution in [3.05, 3.63) is 42.3 Å². The Morgan fingerprint density at radius 2 is 2.13 bits per heavy atom. The number of hydrogen-bond donors (Lipinski definition) is 1. The summed E-state index contributed by atoms with van der Waals surface area (Å²) in [6, 6.07) is 6.85. The van der Waals surface area contributed by atoms with Gasteiger partial charge in [0.2, 0.25) is 10.0 Å². The van der Waals surface area contributed by atoms with Crippen LogP contribution in [0, 0.1) is 5.82 Å². The van der Waals surface area contributed by atoms with Crippen molar-refractivity contribution in [3.63, 3.8) is 0 Å². The number of aromatic nitrogens is 2. The molecule has 0 aliphatic carbocycles. The van der Waals surface area contributed by atoms with Crippen LogP contribution < -0.4 is 10.1 Å². The summed E-state index contributed by atoms with van der Waals surface area (Å²) in [5.74, 6) is 0.0775. The summed E-state index contributed by atoms with van der Waals surface area (Å²) in [7, 11) is -2.45. The highest BCUT2D eigenvalue weighted by atomic mass is 32.2. The maximum atomic E-state index is 13.4. The molecule has 1 saturated heterocycles. The minimum absolute atomic E-state index is 0.0685. The summed E-state index contributed by atoms with van der Waals surface area (Å²) >= 11 is 0. The number of rotatable bonds is 5. The number of benzene rings is 1. The second-order valence-corrected chi connectivity index (χ2v) is 6.97. The predicted molar refractivity (Wildman–Crippen MR) is 81.2 cm³/mol. The molecule has 1 aliphatic rings. The molecular formula is C14H15FN4O3S. The smallest absolute Gasteiger partial charge is 0.247 e. The number of nitrogens with zero attached hydrogens (tertiary/aromatic N) is 3. The summed E-state index contributed by atoms with van der Waals surface area (Å²) < 4.78 is 44.8. The van der Waals surface area contributed by atoms with Gasteiger partial charge in [-0.05, 0) is 30.3 Å². The number of ether oxygens (including phenoxy) is 1. The monoisotopic (exact) mass is 338 g/mol. The standard InChI is InChI=1S/C14H15FN4O3S/c1-22-12-5-4-10(15)7-13(12)23(20,21)19-8-11(9-19)17-14-3-2-6-16-18-14/h2-7,11H,8-9H2,1H3,(H,17,18). The molecule has 1 aromatic heterocycles. The molecule has 3 rings (SSSR count). The van der Waals surface area contributed by atoms with Crippen LogP contribution in [0.15, 0.2) is 41.4 Å². The molecule has 0 unspecified atom stereocenters. The Labute approximate surface area is 133 Å². The van der Waals surface area contributed by atoms with E-state index in [2.05, 4.69) is 15.5 Å². The van der Waals surface area contributed by atoms with E-state index in [0.717, 1.165) is 12.1 Å². The van der Waals surface area contributed by atoms with Crippen molar-refractivity contribution < 1.29 is 17.5 Å². The molecule has 0 amide bonds. The fourth-order valence-corrected chi connectivity index (χ4v) is 4.00. The molecule has 1 N–H and O–H groups in total. The van der Waals surface area contributed by atoms with Crippen LogP contribution >= 0.6 is 0 Å². The molecule has 2 aromatic rings. The van der Waals surface area contributed by atoms with Crippen LogP contribution in [-0.2, 0) is 10.0 Å². The van der Waals surface area contributed by atoms with Crippen LogP contribution in [0.2, 0.25) is 0 Å². The normalized spacial score (nSPS) is 15.9. The zero-order chi connectivity index (χ0) is 16.4. The fraction of sp³-hybridized carbons (Fsp3) is 0.286. The van der Waals surface area contributed by atoms with Gasteiger partial charge in [0, 0.05) is 19.3 Å². The van der Waals surface area contributed by atoms with E-state index in [1.165, 1.54) is 17.5 Å². The Balaban J connectivity index is 1.72. The number of halogens is 1. The minimum Gasteiger partial charge on any atom is -0.495 e. The van der Waals surface area contributed by atoms with Gasteiger partial charge >= 0.3 is 0 Å². The third-order valence-corrected chi connectivity index (χ3v) is 5.37. The van der Waals surface area contributed by atoms with Gasteiger partial charge in [-0.3, -0.25) is 0 Å². The van der Waals surface area contributed by atoms with Crippen LogP contribution in [0.25, 0.3) is 0 Å². The molecule has 0 radical (unpaired) electrons. The first-order valence-corrected chi connectivity index (χ1v) is 8.32. The van der Waals surface area contributed by atoms with E-state index in [9.17, 15) is 12.8 Å². The van der Waals surface area contributed by atoms with Crippen LogP contribution in [-0.4, -0.2) is 49.2 Å². The van der Waals surface area contributed by atoms with Crippen LogP contribution in [0.3, 0.4) is 0 Å². The molecule has 1 fully saturated rings. The Morgan fingerprint density at radius 3 is 2.78 bits per heavy atom. The molecule has 9 heteroatoms. The molecule has 23 heavy (non-hydrogen) atoms. The third-order valence-electron chi connectivity index (χ3n) is 3.52. The van der Waals surface area contributed by atoms with Gasteiger partial charge in [-0.15, -0.1) is 5.10 Å². The van der Waals surface area contributed by atoms with Crippen molar-refractivity contribution in [3.8, 4) is 5.75 Å². The first kappa shape index (κ1) is 15.6. The highest BCUT2D eigenvalue weighted by Gasteiger charge is 2.38. The lowest BCUT2D eigenvalue weighted by Gasteiger charge is -2.38. The summed E-state index contributed by atoms with van der Waals surface area (Å²) in [6.45, 7) is 0.525. The zero-order valence-corrected chi connectivity index (χ0v) is 13.1. The summed E-state index contributed by atoms with van der Waals surface area (Å²) in [6.07, 6.45) is 1.55. The van der Waals surface area contributed by atoms with E-state index in [-0.39, 0.29) is 29.8 Å². The molecule has 0 saturated carbocycles. The van der Waals surface area contributed by atoms with E-state index < -0.39 is 15.8 Å². The van der Waals surface area contributed by atoms with Crippen molar-refractivity contribution in [1.29, 1.82) is 0 Å². The zero-order valence-electron chi connectivity index (χ0n) is 12.3. The molecule has 0 spiro atoms. The second kappa shape index (κ2) is 6.09. The number of sulfonamides is 1. The maximum Gasteiger partial charge on any atom is 0.247 e. The van der Waals surface area contributed by atoms with E-state index in [1.54, 1.807) is 18.3 Å². The number of methoxy groups -OCH3 is 1. The second-order valence-electron chi connectivity index (χ2n) is 5.07. The molecule has 0 atom stereocenters. The fourth-order valence-electron chi connectivity index (χ4n) is 2.30. The molecule has 0 bridgehead atoms. The van der Waals surface area contributed by atoms with Crippen molar-refractivity contribution in [2.75, 3.05) is 25.5 Å².